The normalized spacial score (nSPS) is 9.86. The van der Waals surface area contributed by atoms with E-state index in [1.54, 1.807) is 12.1 Å². The lowest BCUT2D eigenvalue weighted by molar-refractivity contribution is 0.279. The van der Waals surface area contributed by atoms with Crippen LogP contribution >= 0.6 is 11.6 Å². The standard InChI is InChI=1S/C10H12ClNO2/c1-2-3-4-14-10-9(11)5-8(7-13)6-12-10/h2,5-6,13H,1,3-4,7H2. The summed E-state index contributed by atoms with van der Waals surface area (Å²) in [6.07, 6.45) is 4.05. The molecule has 0 aliphatic heterocycles. The smallest absolute Gasteiger partial charge is 0.232 e. The molecule has 1 aromatic rings. The zero-order valence-corrected chi connectivity index (χ0v) is 8.50. The number of halogens is 1. The van der Waals surface area contributed by atoms with E-state index in [4.69, 9.17) is 21.4 Å². The quantitative estimate of drug-likeness (QED) is 0.602. The fraction of sp³-hybridized carbons (Fsp3) is 0.300. The number of nitrogens with zero attached hydrogens (tertiary/aromatic N) is 1. The molecule has 0 aliphatic rings. The molecule has 1 N–H and O–H groups in total. The highest BCUT2D eigenvalue weighted by molar-refractivity contribution is 6.31. The van der Waals surface area contributed by atoms with Crippen molar-refractivity contribution in [2.75, 3.05) is 6.61 Å². The van der Waals surface area contributed by atoms with E-state index in [9.17, 15) is 0 Å². The van der Waals surface area contributed by atoms with E-state index >= 15 is 0 Å². The molecule has 1 aromatic heterocycles. The maximum absolute atomic E-state index is 8.81. The Kier molecular flexibility index (Phi) is 4.43. The molecule has 0 amide bonds. The van der Waals surface area contributed by atoms with Crippen molar-refractivity contribution >= 4 is 11.6 Å². The van der Waals surface area contributed by atoms with Gasteiger partial charge in [-0.2, -0.15) is 0 Å². The molecule has 1 rings (SSSR count). The highest BCUT2D eigenvalue weighted by Gasteiger charge is 2.03. The molecular formula is C10H12ClNO2. The molecule has 76 valence electrons. The van der Waals surface area contributed by atoms with Crippen molar-refractivity contribution in [3.05, 3.63) is 35.5 Å². The Labute approximate surface area is 88.0 Å². The summed E-state index contributed by atoms with van der Waals surface area (Å²) >= 11 is 5.86. The Morgan fingerprint density at radius 2 is 2.43 bits per heavy atom. The van der Waals surface area contributed by atoms with E-state index in [0.29, 0.717) is 23.1 Å². The van der Waals surface area contributed by atoms with Gasteiger partial charge in [-0.1, -0.05) is 17.7 Å². The molecule has 0 unspecified atom stereocenters. The van der Waals surface area contributed by atoms with Gasteiger partial charge in [-0.05, 0) is 18.1 Å². The van der Waals surface area contributed by atoms with Crippen LogP contribution in [0.2, 0.25) is 5.02 Å². The van der Waals surface area contributed by atoms with Crippen LogP contribution in [-0.2, 0) is 6.61 Å². The first-order chi connectivity index (χ1) is 6.77. The van der Waals surface area contributed by atoms with Crippen molar-refractivity contribution in [2.24, 2.45) is 0 Å². The third-order valence-electron chi connectivity index (χ3n) is 1.61. The summed E-state index contributed by atoms with van der Waals surface area (Å²) < 4.78 is 5.28. The zero-order valence-electron chi connectivity index (χ0n) is 7.74. The van der Waals surface area contributed by atoms with Crippen LogP contribution in [0.3, 0.4) is 0 Å². The van der Waals surface area contributed by atoms with Crippen molar-refractivity contribution in [3.8, 4) is 5.88 Å². The second-order valence-corrected chi connectivity index (χ2v) is 3.12. The number of aromatic nitrogens is 1. The van der Waals surface area contributed by atoms with Crippen LogP contribution in [0.15, 0.2) is 24.9 Å². The van der Waals surface area contributed by atoms with Gasteiger partial charge in [0.15, 0.2) is 0 Å². The van der Waals surface area contributed by atoms with Gasteiger partial charge in [0, 0.05) is 6.20 Å². The number of hydrogen-bond acceptors (Lipinski definition) is 3. The number of aliphatic hydroxyl groups excluding tert-OH is 1. The minimum Gasteiger partial charge on any atom is -0.476 e. The summed E-state index contributed by atoms with van der Waals surface area (Å²) in [6.45, 7) is 4.01. The van der Waals surface area contributed by atoms with E-state index in [2.05, 4.69) is 11.6 Å². The molecule has 0 saturated carbocycles. The zero-order chi connectivity index (χ0) is 10.4. The second-order valence-electron chi connectivity index (χ2n) is 2.71. The third-order valence-corrected chi connectivity index (χ3v) is 1.88. The number of ether oxygens (including phenoxy) is 1. The highest BCUT2D eigenvalue weighted by Crippen LogP contribution is 2.22. The number of aliphatic hydroxyl groups is 1. The van der Waals surface area contributed by atoms with Crippen LogP contribution in [0.1, 0.15) is 12.0 Å². The maximum atomic E-state index is 8.81. The van der Waals surface area contributed by atoms with E-state index in [1.807, 2.05) is 0 Å². The van der Waals surface area contributed by atoms with E-state index in [-0.39, 0.29) is 6.61 Å². The molecule has 0 fully saturated rings. The van der Waals surface area contributed by atoms with Gasteiger partial charge in [0.2, 0.25) is 5.88 Å². The van der Waals surface area contributed by atoms with Crippen LogP contribution < -0.4 is 4.74 Å². The van der Waals surface area contributed by atoms with E-state index in [1.165, 1.54) is 6.20 Å². The molecule has 4 heteroatoms. The van der Waals surface area contributed by atoms with Gasteiger partial charge in [0.05, 0.1) is 13.2 Å². The largest absolute Gasteiger partial charge is 0.476 e. The SMILES string of the molecule is C=CCCOc1ncc(CO)cc1Cl. The van der Waals surface area contributed by atoms with E-state index in [0.717, 1.165) is 6.42 Å². The third kappa shape index (κ3) is 3.01. The predicted molar refractivity (Wildman–Crippen MR) is 55.5 cm³/mol. The summed E-state index contributed by atoms with van der Waals surface area (Å²) in [4.78, 5) is 3.97. The summed E-state index contributed by atoms with van der Waals surface area (Å²) in [5.74, 6) is 0.394. The van der Waals surface area contributed by atoms with Crippen molar-refractivity contribution in [3.63, 3.8) is 0 Å². The Morgan fingerprint density at radius 1 is 1.64 bits per heavy atom. The van der Waals surface area contributed by atoms with Gasteiger partial charge in [0.1, 0.15) is 5.02 Å². The topological polar surface area (TPSA) is 42.4 Å². The fourth-order valence-corrected chi connectivity index (χ4v) is 1.14. The lowest BCUT2D eigenvalue weighted by atomic mass is 10.3. The van der Waals surface area contributed by atoms with E-state index < -0.39 is 0 Å². The molecule has 3 nitrogen and oxygen atoms in total. The summed E-state index contributed by atoms with van der Waals surface area (Å²) in [5, 5.41) is 9.23. The second kappa shape index (κ2) is 5.62. The Hall–Kier alpha value is -1.06. The summed E-state index contributed by atoms with van der Waals surface area (Å²) in [6, 6.07) is 1.64. The fourth-order valence-electron chi connectivity index (χ4n) is 0.897. The van der Waals surface area contributed by atoms with Gasteiger partial charge >= 0.3 is 0 Å². The molecule has 0 bridgehead atoms. The van der Waals surface area contributed by atoms with Gasteiger partial charge in [-0.25, -0.2) is 4.98 Å². The number of hydrogen-bond donors (Lipinski definition) is 1. The molecule has 0 saturated heterocycles. The van der Waals surface area contributed by atoms with Crippen LogP contribution in [-0.4, -0.2) is 16.7 Å². The van der Waals surface area contributed by atoms with Crippen molar-refractivity contribution in [1.29, 1.82) is 0 Å². The first-order valence-electron chi connectivity index (χ1n) is 4.27. The lowest BCUT2D eigenvalue weighted by Crippen LogP contribution is -1.99. The molecule has 0 atom stereocenters. The monoisotopic (exact) mass is 213 g/mol. The minimum absolute atomic E-state index is 0.0698. The van der Waals surface area contributed by atoms with Gasteiger partial charge in [0.25, 0.3) is 0 Å². The summed E-state index contributed by atoms with van der Waals surface area (Å²) in [7, 11) is 0. The lowest BCUT2D eigenvalue weighted by Gasteiger charge is -2.05. The Bertz CT molecular complexity index is 315. The molecule has 0 spiro atoms. The van der Waals surface area contributed by atoms with Crippen LogP contribution in [0.5, 0.6) is 5.88 Å². The van der Waals surface area contributed by atoms with Crippen molar-refractivity contribution in [1.82, 2.24) is 4.98 Å². The minimum atomic E-state index is -0.0698. The average molecular weight is 214 g/mol. The van der Waals surface area contributed by atoms with Gasteiger partial charge < -0.3 is 9.84 Å². The number of pyridine rings is 1. The van der Waals surface area contributed by atoms with Crippen molar-refractivity contribution < 1.29 is 9.84 Å². The van der Waals surface area contributed by atoms with Gasteiger partial charge in [-0.15, -0.1) is 6.58 Å². The maximum Gasteiger partial charge on any atom is 0.232 e. The molecule has 14 heavy (non-hydrogen) atoms. The molecular weight excluding hydrogens is 202 g/mol. The molecule has 0 radical (unpaired) electrons. The Balaban J connectivity index is 2.63. The number of rotatable bonds is 5. The predicted octanol–water partition coefficient (Wildman–Crippen LogP) is 2.18. The molecule has 1 heterocycles. The Morgan fingerprint density at radius 3 is 3.00 bits per heavy atom. The highest BCUT2D eigenvalue weighted by atomic mass is 35.5. The first-order valence-corrected chi connectivity index (χ1v) is 4.64. The average Bonchev–Trinajstić information content (AvgIpc) is 2.20. The van der Waals surface area contributed by atoms with Crippen LogP contribution in [0.4, 0.5) is 0 Å². The van der Waals surface area contributed by atoms with Gasteiger partial charge in [-0.3, -0.25) is 0 Å². The molecule has 0 aliphatic carbocycles. The van der Waals surface area contributed by atoms with Crippen LogP contribution in [0, 0.1) is 0 Å². The van der Waals surface area contributed by atoms with Crippen LogP contribution in [0.25, 0.3) is 0 Å². The molecule has 0 aromatic carbocycles. The summed E-state index contributed by atoms with van der Waals surface area (Å²) in [5.41, 5.74) is 0.672. The first kappa shape index (κ1) is 11.0. The van der Waals surface area contributed by atoms with Crippen molar-refractivity contribution in [2.45, 2.75) is 13.0 Å².